The number of rotatable bonds is 10. The van der Waals surface area contributed by atoms with E-state index in [2.05, 4.69) is 396 Å². The van der Waals surface area contributed by atoms with Gasteiger partial charge in [0.25, 0.3) is 0 Å². The number of anilines is 6. The third-order valence-corrected chi connectivity index (χ3v) is 25.3. The number of hydrogen-bond donors (Lipinski definition) is 0. The van der Waals surface area contributed by atoms with Gasteiger partial charge in [-0.05, 0) is 234 Å². The third kappa shape index (κ3) is 11.4. The van der Waals surface area contributed by atoms with Crippen LogP contribution in [0.1, 0.15) is 116 Å². The quantitative estimate of drug-likeness (QED) is 0.127. The first-order valence-corrected chi connectivity index (χ1v) is 39.2. The molecule has 3 heterocycles. The van der Waals surface area contributed by atoms with Crippen molar-refractivity contribution in [1.82, 2.24) is 9.13 Å². The SMILES string of the molecule is Cc1cccc(-c2ccc(N(c3cccc(-n4c5ccc(C(C)(C)C)cc5c5cc(C(C)(C)C)ccc54)c3)c3ccc4c(c3)[Si](C)(C)c3cccc5c(N(c6ccc(-c7cccc(C)c7)cc6)c6cccc(-n7c8ccc(C(C)(C)C)cc8c8cc(C(C)(C)C)ccc87)c6)ccc-4c35)cc2)c1. The van der Waals surface area contributed by atoms with E-state index in [-0.39, 0.29) is 21.7 Å². The molecule has 4 nitrogen and oxygen atoms in total. The number of fused-ring (bicyclic) bond motifs is 8. The fourth-order valence-corrected chi connectivity index (χ4v) is 19.1. The molecule has 0 saturated heterocycles. The van der Waals surface area contributed by atoms with Gasteiger partial charge >= 0.3 is 0 Å². The molecule has 2 aromatic heterocycles. The number of hydrogen-bond acceptors (Lipinski definition) is 2. The van der Waals surface area contributed by atoms with Gasteiger partial charge in [0, 0.05) is 66.7 Å². The molecule has 500 valence electrons. The lowest BCUT2D eigenvalue weighted by atomic mass is 9.85. The molecular weight excluding hydrogens is 1240 g/mol. The first-order chi connectivity index (χ1) is 48.1. The molecule has 1 aliphatic heterocycles. The first-order valence-electron chi connectivity index (χ1n) is 36.2. The molecule has 13 aromatic carbocycles. The van der Waals surface area contributed by atoms with E-state index in [1.807, 2.05) is 0 Å². The number of aromatic nitrogens is 2. The monoisotopic (exact) mass is 1330 g/mol. The Morgan fingerprint density at radius 1 is 0.277 bits per heavy atom. The van der Waals surface area contributed by atoms with Crippen LogP contribution in [0, 0.1) is 13.8 Å². The standard InChI is InChI=1S/C96H92N4Si/c1-61-22-17-24-65(52-61)63-32-40-71(41-33-63)97(73-26-19-28-75(58-73)99-86-47-36-67(93(3,4)5)54-81(86)82-55-68(94(6,7)8)37-48-87(82)99)77-44-45-78-79-46-51-85(80-30-21-31-90(92(79)80)101(15,16)91(78)60-77)98(72-42-34-64(35-43-72)66-25-18-23-62(2)53-66)74-27-20-29-76(59-74)100-88-49-38-69(95(9,10)11)56-83(88)84-57-70(96(12,13)14)39-50-89(84)100/h17-60H,1-16H3. The average Bonchev–Trinajstić information content (AvgIpc) is 1.45. The fourth-order valence-electron chi connectivity index (χ4n) is 16.0. The highest BCUT2D eigenvalue weighted by atomic mass is 28.3. The minimum absolute atomic E-state index is 0.0000258. The van der Waals surface area contributed by atoms with Crippen LogP contribution >= 0.6 is 0 Å². The van der Waals surface area contributed by atoms with Gasteiger partial charge < -0.3 is 18.9 Å². The van der Waals surface area contributed by atoms with Crippen LogP contribution in [-0.2, 0) is 21.7 Å². The predicted molar refractivity (Wildman–Crippen MR) is 439 cm³/mol. The molecule has 0 aliphatic carbocycles. The first kappa shape index (κ1) is 65.2. The van der Waals surface area contributed by atoms with Crippen molar-refractivity contribution in [1.29, 1.82) is 0 Å². The van der Waals surface area contributed by atoms with Crippen molar-refractivity contribution in [2.75, 3.05) is 9.80 Å². The van der Waals surface area contributed by atoms with Crippen LogP contribution < -0.4 is 20.2 Å². The molecule has 0 radical (unpaired) electrons. The molecule has 0 fully saturated rings. The average molecular weight is 1330 g/mol. The molecule has 1 aliphatic rings. The van der Waals surface area contributed by atoms with Crippen LogP contribution in [0.3, 0.4) is 0 Å². The molecule has 0 saturated carbocycles. The fraction of sp³-hybridized carbons (Fsp3) is 0.208. The zero-order valence-electron chi connectivity index (χ0n) is 61.7. The van der Waals surface area contributed by atoms with Gasteiger partial charge in [0.2, 0.25) is 0 Å². The minimum Gasteiger partial charge on any atom is -0.310 e. The summed E-state index contributed by atoms with van der Waals surface area (Å²) in [7, 11) is -2.50. The van der Waals surface area contributed by atoms with Crippen LogP contribution in [0.15, 0.2) is 267 Å². The Balaban J connectivity index is 0.856. The van der Waals surface area contributed by atoms with E-state index in [9.17, 15) is 0 Å². The smallest absolute Gasteiger partial charge is 0.113 e. The summed E-state index contributed by atoms with van der Waals surface area (Å²) in [5.74, 6) is 0. The zero-order valence-corrected chi connectivity index (χ0v) is 62.7. The Morgan fingerprint density at radius 3 is 1.08 bits per heavy atom. The van der Waals surface area contributed by atoms with Crippen molar-refractivity contribution in [3.05, 3.63) is 300 Å². The molecule has 0 atom stereocenters. The van der Waals surface area contributed by atoms with Gasteiger partial charge in [-0.3, -0.25) is 0 Å². The van der Waals surface area contributed by atoms with Gasteiger partial charge in [0.05, 0.1) is 27.8 Å². The molecule has 16 rings (SSSR count). The Kier molecular flexibility index (Phi) is 15.4. The second kappa shape index (κ2) is 23.9. The van der Waals surface area contributed by atoms with Gasteiger partial charge in [-0.15, -0.1) is 0 Å². The largest absolute Gasteiger partial charge is 0.310 e. The molecule has 0 amide bonds. The van der Waals surface area contributed by atoms with Crippen LogP contribution in [-0.4, -0.2) is 17.2 Å². The highest BCUT2D eigenvalue weighted by Gasteiger charge is 2.37. The van der Waals surface area contributed by atoms with E-state index >= 15 is 0 Å². The summed E-state index contributed by atoms with van der Waals surface area (Å²) in [6, 6.07) is 103. The highest BCUT2D eigenvalue weighted by molar-refractivity contribution is 7.03. The second-order valence-electron chi connectivity index (χ2n) is 33.4. The number of nitrogens with zero attached hydrogens (tertiary/aromatic N) is 4. The Bertz CT molecular complexity index is 5660. The van der Waals surface area contributed by atoms with Crippen LogP contribution in [0.5, 0.6) is 0 Å². The summed E-state index contributed by atoms with van der Waals surface area (Å²) < 4.78 is 4.99. The van der Waals surface area contributed by atoms with Gasteiger partial charge in [-0.1, -0.05) is 247 Å². The zero-order chi connectivity index (χ0) is 70.4. The topological polar surface area (TPSA) is 16.3 Å². The molecule has 101 heavy (non-hydrogen) atoms. The van der Waals surface area contributed by atoms with Crippen molar-refractivity contribution in [3.63, 3.8) is 0 Å². The summed E-state index contributed by atoms with van der Waals surface area (Å²) >= 11 is 0. The van der Waals surface area contributed by atoms with E-state index in [4.69, 9.17) is 0 Å². The van der Waals surface area contributed by atoms with Crippen LogP contribution in [0.25, 0.3) is 99.1 Å². The molecule has 5 heteroatoms. The molecule has 0 unspecified atom stereocenters. The summed E-state index contributed by atoms with van der Waals surface area (Å²) in [4.78, 5) is 5.02. The van der Waals surface area contributed by atoms with Crippen molar-refractivity contribution in [2.45, 2.75) is 132 Å². The lowest BCUT2D eigenvalue weighted by molar-refractivity contribution is 0.590. The van der Waals surface area contributed by atoms with Crippen molar-refractivity contribution >= 4 is 107 Å². The Hall–Kier alpha value is -10.5. The van der Waals surface area contributed by atoms with E-state index < -0.39 is 8.07 Å². The molecule has 15 aromatic rings. The number of aryl methyl sites for hydroxylation is 2. The van der Waals surface area contributed by atoms with Gasteiger partial charge in [0.1, 0.15) is 8.07 Å². The maximum Gasteiger partial charge on any atom is 0.113 e. The summed E-state index contributed by atoms with van der Waals surface area (Å²) in [5, 5.41) is 10.6. The van der Waals surface area contributed by atoms with Gasteiger partial charge in [-0.2, -0.15) is 0 Å². The molecule has 0 spiro atoms. The summed E-state index contributed by atoms with van der Waals surface area (Å²) in [5.41, 5.74) is 29.0. The van der Waals surface area contributed by atoms with Gasteiger partial charge in [-0.25, -0.2) is 0 Å². The number of benzene rings is 13. The van der Waals surface area contributed by atoms with Crippen molar-refractivity contribution < 1.29 is 0 Å². The Morgan fingerprint density at radius 2 is 0.653 bits per heavy atom. The van der Waals surface area contributed by atoms with Crippen molar-refractivity contribution in [2.24, 2.45) is 0 Å². The van der Waals surface area contributed by atoms with Gasteiger partial charge in [0.15, 0.2) is 0 Å². The lowest BCUT2D eigenvalue weighted by Crippen LogP contribution is -2.56. The van der Waals surface area contributed by atoms with E-state index in [1.54, 1.807) is 0 Å². The van der Waals surface area contributed by atoms with Crippen LogP contribution in [0.2, 0.25) is 13.1 Å². The lowest BCUT2D eigenvalue weighted by Gasteiger charge is -2.36. The highest BCUT2D eigenvalue weighted by Crippen LogP contribution is 2.48. The molecule has 0 bridgehead atoms. The molecule has 0 N–H and O–H groups in total. The maximum absolute atomic E-state index is 2.58. The second-order valence-corrected chi connectivity index (χ2v) is 37.7. The predicted octanol–water partition coefficient (Wildman–Crippen LogP) is 25.9. The summed E-state index contributed by atoms with van der Waals surface area (Å²) in [6.45, 7) is 37.3. The van der Waals surface area contributed by atoms with E-state index in [1.165, 1.54) is 132 Å². The normalized spacial score (nSPS) is 13.2. The van der Waals surface area contributed by atoms with Crippen LogP contribution in [0.4, 0.5) is 34.1 Å². The summed E-state index contributed by atoms with van der Waals surface area (Å²) in [6.07, 6.45) is 0. The minimum atomic E-state index is -2.50. The van der Waals surface area contributed by atoms with E-state index in [0.29, 0.717) is 0 Å². The van der Waals surface area contributed by atoms with Crippen molar-refractivity contribution in [3.8, 4) is 44.8 Å². The third-order valence-electron chi connectivity index (χ3n) is 21.8. The maximum atomic E-state index is 2.58. The van der Waals surface area contributed by atoms with E-state index in [0.717, 1.165) is 45.5 Å². The molecular formula is C96H92N4Si. The Labute approximate surface area is 598 Å².